The van der Waals surface area contributed by atoms with Crippen LogP contribution in [-0.4, -0.2) is 39.6 Å². The number of aliphatic hydroxyl groups excluding tert-OH is 1. The van der Waals surface area contributed by atoms with Crippen LogP contribution in [0.25, 0.3) is 0 Å². The lowest BCUT2D eigenvalue weighted by molar-refractivity contribution is 0.101. The highest BCUT2D eigenvalue weighted by molar-refractivity contribution is 5.94. The topological polar surface area (TPSA) is 77.2 Å². The molecule has 2 aromatic rings. The van der Waals surface area contributed by atoms with Crippen LogP contribution in [0.4, 0.5) is 0 Å². The first-order valence-corrected chi connectivity index (χ1v) is 6.31. The summed E-state index contributed by atoms with van der Waals surface area (Å²) in [6, 6.07) is 5.31. The Morgan fingerprint density at radius 1 is 1.45 bits per heavy atom. The average molecular weight is 275 g/mol. The number of aromatic nitrogens is 3. The van der Waals surface area contributed by atoms with Crippen LogP contribution in [-0.2, 0) is 13.0 Å². The Labute approximate surface area is 117 Å². The molecule has 106 valence electrons. The number of Topliss-reactive ketones (excluding diaryl/α,β-unsaturated/α-hetero) is 1. The first kappa shape index (κ1) is 14.2. The van der Waals surface area contributed by atoms with Crippen LogP contribution in [0.3, 0.4) is 0 Å². The quantitative estimate of drug-likeness (QED) is 0.798. The number of benzene rings is 1. The maximum absolute atomic E-state index is 11.4. The number of rotatable bonds is 6. The van der Waals surface area contributed by atoms with Gasteiger partial charge < -0.3 is 9.84 Å². The van der Waals surface area contributed by atoms with Gasteiger partial charge in [-0.15, -0.1) is 5.10 Å². The van der Waals surface area contributed by atoms with E-state index >= 15 is 0 Å². The van der Waals surface area contributed by atoms with E-state index in [1.54, 1.807) is 36.2 Å². The Hall–Kier alpha value is -2.21. The zero-order chi connectivity index (χ0) is 14.5. The monoisotopic (exact) mass is 275 g/mol. The molecule has 1 aromatic heterocycles. The Bertz CT molecular complexity index is 607. The highest BCUT2D eigenvalue weighted by Crippen LogP contribution is 2.21. The second-order valence-electron chi connectivity index (χ2n) is 4.46. The average Bonchev–Trinajstić information content (AvgIpc) is 2.86. The normalized spacial score (nSPS) is 10.6. The van der Waals surface area contributed by atoms with Crippen molar-refractivity contribution in [3.05, 3.63) is 41.2 Å². The molecule has 0 aliphatic rings. The Morgan fingerprint density at radius 2 is 2.25 bits per heavy atom. The van der Waals surface area contributed by atoms with Crippen LogP contribution in [0.15, 0.2) is 24.4 Å². The zero-order valence-electron chi connectivity index (χ0n) is 11.5. The number of carbonyl (C=O) groups is 1. The zero-order valence-corrected chi connectivity index (χ0v) is 11.5. The molecule has 6 heteroatoms. The van der Waals surface area contributed by atoms with Crippen molar-refractivity contribution in [3.8, 4) is 5.75 Å². The van der Waals surface area contributed by atoms with Gasteiger partial charge in [-0.25, -0.2) is 4.68 Å². The molecule has 0 bridgehead atoms. The van der Waals surface area contributed by atoms with Crippen LogP contribution < -0.4 is 4.74 Å². The van der Waals surface area contributed by atoms with Gasteiger partial charge in [0.25, 0.3) is 0 Å². The third-order valence-electron chi connectivity index (χ3n) is 2.97. The fourth-order valence-electron chi connectivity index (χ4n) is 1.94. The van der Waals surface area contributed by atoms with Gasteiger partial charge in [-0.1, -0.05) is 5.21 Å². The SMILES string of the molecule is COc1ccc(C(C)=O)cc1Cn1cc(CCO)nn1. The summed E-state index contributed by atoms with van der Waals surface area (Å²) in [4.78, 5) is 11.4. The molecule has 0 amide bonds. The van der Waals surface area contributed by atoms with E-state index in [2.05, 4.69) is 10.3 Å². The maximum Gasteiger partial charge on any atom is 0.159 e. The molecule has 0 unspecified atom stereocenters. The third kappa shape index (κ3) is 3.21. The van der Waals surface area contributed by atoms with Gasteiger partial charge in [0.2, 0.25) is 0 Å². The van der Waals surface area contributed by atoms with Crippen LogP contribution in [0, 0.1) is 0 Å². The molecule has 0 fully saturated rings. The minimum Gasteiger partial charge on any atom is -0.496 e. The molecule has 0 aliphatic carbocycles. The van der Waals surface area contributed by atoms with Crippen molar-refractivity contribution < 1.29 is 14.6 Å². The van der Waals surface area contributed by atoms with E-state index in [4.69, 9.17) is 9.84 Å². The second kappa shape index (κ2) is 6.29. The highest BCUT2D eigenvalue weighted by atomic mass is 16.5. The van der Waals surface area contributed by atoms with Gasteiger partial charge in [-0.2, -0.15) is 0 Å². The van der Waals surface area contributed by atoms with Gasteiger partial charge in [-0.05, 0) is 25.1 Å². The lowest BCUT2D eigenvalue weighted by atomic mass is 10.1. The van der Waals surface area contributed by atoms with E-state index in [1.807, 2.05) is 0 Å². The van der Waals surface area contributed by atoms with Crippen molar-refractivity contribution in [2.75, 3.05) is 13.7 Å². The summed E-state index contributed by atoms with van der Waals surface area (Å²) in [5, 5.41) is 16.8. The number of ether oxygens (including phenoxy) is 1. The summed E-state index contributed by atoms with van der Waals surface area (Å²) in [5.41, 5.74) is 2.23. The summed E-state index contributed by atoms with van der Waals surface area (Å²) in [7, 11) is 1.59. The fourth-order valence-corrected chi connectivity index (χ4v) is 1.94. The van der Waals surface area contributed by atoms with E-state index in [-0.39, 0.29) is 12.4 Å². The highest BCUT2D eigenvalue weighted by Gasteiger charge is 2.09. The molecule has 6 nitrogen and oxygen atoms in total. The van der Waals surface area contributed by atoms with Gasteiger partial charge in [-0.3, -0.25) is 4.79 Å². The Morgan fingerprint density at radius 3 is 2.90 bits per heavy atom. The van der Waals surface area contributed by atoms with E-state index in [9.17, 15) is 4.79 Å². The van der Waals surface area contributed by atoms with E-state index in [0.29, 0.717) is 24.3 Å². The van der Waals surface area contributed by atoms with E-state index < -0.39 is 0 Å². The Kier molecular flexibility index (Phi) is 4.47. The van der Waals surface area contributed by atoms with Crippen molar-refractivity contribution in [2.45, 2.75) is 19.9 Å². The molecular weight excluding hydrogens is 258 g/mol. The Balaban J connectivity index is 2.25. The molecule has 1 N–H and O–H groups in total. The minimum absolute atomic E-state index is 0.00784. The summed E-state index contributed by atoms with van der Waals surface area (Å²) < 4.78 is 6.95. The van der Waals surface area contributed by atoms with Crippen LogP contribution in [0.5, 0.6) is 5.75 Å². The lowest BCUT2D eigenvalue weighted by Crippen LogP contribution is -2.04. The molecule has 0 saturated heterocycles. The molecule has 1 aromatic carbocycles. The minimum atomic E-state index is 0.00784. The fraction of sp³-hybridized carbons (Fsp3) is 0.357. The standard InChI is InChI=1S/C14H17N3O3/c1-10(19)11-3-4-14(20-2)12(7-11)8-17-9-13(5-6-18)15-16-17/h3-4,7,9,18H,5-6,8H2,1-2H3. The van der Waals surface area contributed by atoms with Gasteiger partial charge in [0.05, 0.1) is 19.3 Å². The second-order valence-corrected chi connectivity index (χ2v) is 4.46. The van der Waals surface area contributed by atoms with Crippen molar-refractivity contribution in [2.24, 2.45) is 0 Å². The van der Waals surface area contributed by atoms with Crippen LogP contribution in [0.1, 0.15) is 28.5 Å². The molecule has 20 heavy (non-hydrogen) atoms. The molecule has 0 radical (unpaired) electrons. The summed E-state index contributed by atoms with van der Waals surface area (Å²) in [6.45, 7) is 2.03. The van der Waals surface area contributed by atoms with E-state index in [1.165, 1.54) is 6.92 Å². The molecule has 1 heterocycles. The summed E-state index contributed by atoms with van der Waals surface area (Å²) in [6.07, 6.45) is 2.25. The number of hydrogen-bond acceptors (Lipinski definition) is 5. The van der Waals surface area contributed by atoms with Gasteiger partial charge >= 0.3 is 0 Å². The predicted molar refractivity (Wildman–Crippen MR) is 72.9 cm³/mol. The van der Waals surface area contributed by atoms with Crippen molar-refractivity contribution >= 4 is 5.78 Å². The largest absolute Gasteiger partial charge is 0.496 e. The van der Waals surface area contributed by atoms with Crippen molar-refractivity contribution in [3.63, 3.8) is 0 Å². The number of carbonyl (C=O) groups excluding carboxylic acids is 1. The first-order valence-electron chi connectivity index (χ1n) is 6.31. The molecule has 2 rings (SSSR count). The molecule has 0 spiro atoms. The van der Waals surface area contributed by atoms with Crippen molar-refractivity contribution in [1.29, 1.82) is 0 Å². The molecule has 0 atom stereocenters. The molecular formula is C14H17N3O3. The third-order valence-corrected chi connectivity index (χ3v) is 2.97. The number of aliphatic hydroxyl groups is 1. The van der Waals surface area contributed by atoms with E-state index in [0.717, 1.165) is 11.3 Å². The number of ketones is 1. The van der Waals surface area contributed by atoms with Gasteiger partial charge in [0.1, 0.15) is 5.75 Å². The van der Waals surface area contributed by atoms with Crippen LogP contribution in [0.2, 0.25) is 0 Å². The number of nitrogens with zero attached hydrogens (tertiary/aromatic N) is 3. The van der Waals surface area contributed by atoms with Crippen LogP contribution >= 0.6 is 0 Å². The summed E-state index contributed by atoms with van der Waals surface area (Å²) >= 11 is 0. The van der Waals surface area contributed by atoms with Gasteiger partial charge in [0, 0.05) is 30.4 Å². The van der Waals surface area contributed by atoms with Gasteiger partial charge in [0.15, 0.2) is 5.78 Å². The molecule has 0 aliphatic heterocycles. The maximum atomic E-state index is 11.4. The first-order chi connectivity index (χ1) is 9.63. The smallest absolute Gasteiger partial charge is 0.159 e. The lowest BCUT2D eigenvalue weighted by Gasteiger charge is -2.09. The number of hydrogen-bond donors (Lipinski definition) is 1. The summed E-state index contributed by atoms with van der Waals surface area (Å²) in [5.74, 6) is 0.711. The molecule has 0 saturated carbocycles. The van der Waals surface area contributed by atoms with Crippen molar-refractivity contribution in [1.82, 2.24) is 15.0 Å². The number of methoxy groups -OCH3 is 1. The predicted octanol–water partition coefficient (Wildman–Crippen LogP) is 1.07.